The van der Waals surface area contributed by atoms with Crippen molar-refractivity contribution in [3.8, 4) is 0 Å². The summed E-state index contributed by atoms with van der Waals surface area (Å²) in [6, 6.07) is -0.444. The van der Waals surface area contributed by atoms with Gasteiger partial charge in [0.15, 0.2) is 0 Å². The zero-order valence-corrected chi connectivity index (χ0v) is 11.5. The predicted octanol–water partition coefficient (Wildman–Crippen LogP) is 0.0835. The van der Waals surface area contributed by atoms with Crippen LogP contribution in [0, 0.1) is 13.8 Å². The number of rotatable bonds is 3. The summed E-state index contributed by atoms with van der Waals surface area (Å²) in [6.07, 6.45) is 0. The van der Waals surface area contributed by atoms with Gasteiger partial charge in [-0.25, -0.2) is 4.98 Å². The fourth-order valence-corrected chi connectivity index (χ4v) is 2.04. The van der Waals surface area contributed by atoms with Crippen molar-refractivity contribution in [3.05, 3.63) is 11.4 Å². The molecule has 2 heterocycles. The molecule has 1 fully saturated rings. The monoisotopic (exact) mass is 265 g/mol. The number of carboxylic acid groups (broad SMARTS) is 1. The second kappa shape index (κ2) is 5.48. The average molecular weight is 265 g/mol. The van der Waals surface area contributed by atoms with E-state index in [1.54, 1.807) is 6.92 Å². The molecule has 1 N–H and O–H groups in total. The van der Waals surface area contributed by atoms with Crippen LogP contribution < -0.4 is 4.90 Å². The maximum atomic E-state index is 10.9. The third kappa shape index (κ3) is 2.98. The number of nitrogens with zero attached hydrogens (tertiary/aromatic N) is 5. The van der Waals surface area contributed by atoms with Gasteiger partial charge in [-0.05, 0) is 20.8 Å². The topological polar surface area (TPSA) is 82.5 Å². The number of carboxylic acids is 1. The Kier molecular flexibility index (Phi) is 3.94. The van der Waals surface area contributed by atoms with Crippen LogP contribution in [-0.2, 0) is 4.79 Å². The first-order chi connectivity index (χ1) is 8.99. The summed E-state index contributed by atoms with van der Waals surface area (Å²) >= 11 is 0. The summed E-state index contributed by atoms with van der Waals surface area (Å²) in [5, 5.41) is 17.2. The lowest BCUT2D eigenvalue weighted by atomic mass is 10.2. The summed E-state index contributed by atoms with van der Waals surface area (Å²) in [5.74, 6) is -0.150. The second-order valence-corrected chi connectivity index (χ2v) is 4.82. The molecular weight excluding hydrogens is 246 g/mol. The highest BCUT2D eigenvalue weighted by molar-refractivity contribution is 5.72. The van der Waals surface area contributed by atoms with Crippen molar-refractivity contribution in [1.82, 2.24) is 20.1 Å². The first-order valence-electron chi connectivity index (χ1n) is 6.38. The third-order valence-corrected chi connectivity index (χ3v) is 3.58. The first-order valence-corrected chi connectivity index (χ1v) is 6.38. The molecule has 0 radical (unpaired) electrons. The summed E-state index contributed by atoms with van der Waals surface area (Å²) in [7, 11) is 0. The zero-order valence-electron chi connectivity index (χ0n) is 11.5. The largest absolute Gasteiger partial charge is 0.480 e. The number of hydrogen-bond acceptors (Lipinski definition) is 6. The maximum absolute atomic E-state index is 10.9. The van der Waals surface area contributed by atoms with Gasteiger partial charge in [-0.1, -0.05) is 0 Å². The molecule has 7 nitrogen and oxygen atoms in total. The Hall–Kier alpha value is -1.76. The Morgan fingerprint density at radius 1 is 1.16 bits per heavy atom. The van der Waals surface area contributed by atoms with Crippen molar-refractivity contribution in [1.29, 1.82) is 0 Å². The van der Waals surface area contributed by atoms with Crippen LogP contribution in [0.25, 0.3) is 0 Å². The zero-order chi connectivity index (χ0) is 14.0. The maximum Gasteiger partial charge on any atom is 0.320 e. The molecule has 1 aliphatic heterocycles. The molecule has 0 saturated carbocycles. The molecule has 1 aliphatic rings. The first kappa shape index (κ1) is 13.7. The molecule has 0 amide bonds. The minimum Gasteiger partial charge on any atom is -0.480 e. The van der Waals surface area contributed by atoms with Gasteiger partial charge >= 0.3 is 5.97 Å². The molecule has 0 spiro atoms. The number of aliphatic carboxylic acids is 1. The molecule has 2 rings (SSSR count). The summed E-state index contributed by atoms with van der Waals surface area (Å²) in [6.45, 7) is 8.35. The van der Waals surface area contributed by atoms with Gasteiger partial charge in [0.25, 0.3) is 0 Å². The van der Waals surface area contributed by atoms with Crippen molar-refractivity contribution >= 4 is 11.9 Å². The van der Waals surface area contributed by atoms with Crippen molar-refractivity contribution in [2.45, 2.75) is 26.8 Å². The molecule has 1 atom stereocenters. The van der Waals surface area contributed by atoms with E-state index in [0.717, 1.165) is 24.5 Å². The molecule has 7 heteroatoms. The molecule has 1 aromatic heterocycles. The standard InChI is InChI=1S/C12H19N5O2/c1-8-9(2)14-15-12(13-8)17-6-4-16(5-7-17)10(3)11(18)19/h10H,4-7H2,1-3H3,(H,18,19). The van der Waals surface area contributed by atoms with Gasteiger partial charge in [-0.15, -0.1) is 5.10 Å². The normalized spacial score (nSPS) is 18.4. The van der Waals surface area contributed by atoms with E-state index in [0.29, 0.717) is 19.0 Å². The van der Waals surface area contributed by atoms with Gasteiger partial charge < -0.3 is 10.0 Å². The lowest BCUT2D eigenvalue weighted by molar-refractivity contribution is -0.142. The SMILES string of the molecule is Cc1nnc(N2CCN(C(C)C(=O)O)CC2)nc1C. The fraction of sp³-hybridized carbons (Fsp3) is 0.667. The molecule has 1 aromatic rings. The van der Waals surface area contributed by atoms with E-state index in [-0.39, 0.29) is 0 Å². The number of carbonyl (C=O) groups is 1. The molecule has 1 saturated heterocycles. The van der Waals surface area contributed by atoms with E-state index < -0.39 is 12.0 Å². The molecule has 0 aliphatic carbocycles. The van der Waals surface area contributed by atoms with Crippen LogP contribution in [-0.4, -0.2) is 63.4 Å². The van der Waals surface area contributed by atoms with Gasteiger partial charge in [0.2, 0.25) is 5.95 Å². The molecular formula is C12H19N5O2. The Morgan fingerprint density at radius 2 is 1.79 bits per heavy atom. The number of hydrogen-bond donors (Lipinski definition) is 1. The highest BCUT2D eigenvalue weighted by Crippen LogP contribution is 2.13. The van der Waals surface area contributed by atoms with E-state index >= 15 is 0 Å². The number of piperazine rings is 1. The molecule has 0 aromatic carbocycles. The Labute approximate surface area is 112 Å². The van der Waals surface area contributed by atoms with Gasteiger partial charge in [-0.2, -0.15) is 5.10 Å². The predicted molar refractivity (Wildman–Crippen MR) is 70.2 cm³/mol. The van der Waals surface area contributed by atoms with Crippen LogP contribution in [0.15, 0.2) is 0 Å². The van der Waals surface area contributed by atoms with Crippen LogP contribution in [0.1, 0.15) is 18.3 Å². The van der Waals surface area contributed by atoms with Gasteiger partial charge in [0, 0.05) is 26.2 Å². The van der Waals surface area contributed by atoms with Crippen LogP contribution in [0.4, 0.5) is 5.95 Å². The highest BCUT2D eigenvalue weighted by atomic mass is 16.4. The minimum atomic E-state index is -0.780. The number of aryl methyl sites for hydroxylation is 2. The average Bonchev–Trinajstić information content (AvgIpc) is 2.41. The highest BCUT2D eigenvalue weighted by Gasteiger charge is 2.26. The minimum absolute atomic E-state index is 0.444. The summed E-state index contributed by atoms with van der Waals surface area (Å²) < 4.78 is 0. The van der Waals surface area contributed by atoms with E-state index in [1.165, 1.54) is 0 Å². The quantitative estimate of drug-likeness (QED) is 0.829. The van der Waals surface area contributed by atoms with Crippen molar-refractivity contribution in [2.24, 2.45) is 0 Å². The smallest absolute Gasteiger partial charge is 0.320 e. The molecule has 104 valence electrons. The lowest BCUT2D eigenvalue weighted by Gasteiger charge is -2.36. The van der Waals surface area contributed by atoms with E-state index in [2.05, 4.69) is 15.2 Å². The third-order valence-electron chi connectivity index (χ3n) is 3.58. The van der Waals surface area contributed by atoms with Gasteiger partial charge in [0.1, 0.15) is 6.04 Å². The van der Waals surface area contributed by atoms with Crippen molar-refractivity contribution in [3.63, 3.8) is 0 Å². The lowest BCUT2D eigenvalue weighted by Crippen LogP contribution is -2.52. The van der Waals surface area contributed by atoms with E-state index in [4.69, 9.17) is 5.11 Å². The van der Waals surface area contributed by atoms with E-state index in [9.17, 15) is 4.79 Å². The summed E-state index contributed by atoms with van der Waals surface area (Å²) in [4.78, 5) is 19.4. The Morgan fingerprint density at radius 3 is 2.32 bits per heavy atom. The van der Waals surface area contributed by atoms with Gasteiger partial charge in [0.05, 0.1) is 11.4 Å². The molecule has 1 unspecified atom stereocenters. The van der Waals surface area contributed by atoms with E-state index in [1.807, 2.05) is 23.6 Å². The van der Waals surface area contributed by atoms with Crippen LogP contribution in [0.5, 0.6) is 0 Å². The molecule has 19 heavy (non-hydrogen) atoms. The van der Waals surface area contributed by atoms with Crippen LogP contribution in [0.3, 0.4) is 0 Å². The second-order valence-electron chi connectivity index (χ2n) is 4.82. The summed E-state index contributed by atoms with van der Waals surface area (Å²) in [5.41, 5.74) is 1.72. The van der Waals surface area contributed by atoms with Gasteiger partial charge in [-0.3, -0.25) is 9.69 Å². The van der Waals surface area contributed by atoms with Crippen molar-refractivity contribution in [2.75, 3.05) is 31.1 Å². The molecule has 0 bridgehead atoms. The van der Waals surface area contributed by atoms with Crippen molar-refractivity contribution < 1.29 is 9.90 Å². The Balaban J connectivity index is 1.99. The fourth-order valence-electron chi connectivity index (χ4n) is 2.04. The number of aromatic nitrogens is 3. The van der Waals surface area contributed by atoms with Crippen LogP contribution >= 0.6 is 0 Å². The Bertz CT molecular complexity index is 471. The number of anilines is 1. The van der Waals surface area contributed by atoms with Crippen LogP contribution in [0.2, 0.25) is 0 Å².